The molecule has 0 saturated heterocycles. The lowest BCUT2D eigenvalue weighted by molar-refractivity contribution is -0.137. The summed E-state index contributed by atoms with van der Waals surface area (Å²) in [5.41, 5.74) is -1.19. The van der Waals surface area contributed by atoms with Crippen LogP contribution in [-0.4, -0.2) is 45.8 Å². The molecule has 0 aliphatic rings. The molecule has 0 saturated carbocycles. The van der Waals surface area contributed by atoms with Gasteiger partial charge in [0.1, 0.15) is 13.5 Å². The summed E-state index contributed by atoms with van der Waals surface area (Å²) in [6, 6.07) is 3.59. The fourth-order valence-corrected chi connectivity index (χ4v) is 3.63. The second kappa shape index (κ2) is 10.5. The van der Waals surface area contributed by atoms with Gasteiger partial charge in [-0.15, -0.1) is 0 Å². The van der Waals surface area contributed by atoms with Crippen molar-refractivity contribution in [3.05, 3.63) is 51.8 Å². The fourth-order valence-electron chi connectivity index (χ4n) is 2.24. The zero-order valence-electron chi connectivity index (χ0n) is 15.8. The van der Waals surface area contributed by atoms with Crippen LogP contribution in [0, 0.1) is 0 Å². The molecule has 14 heteroatoms. The molecule has 1 aromatic carbocycles. The number of aromatic nitrogens is 1. The fraction of sp³-hybridized carbons (Fsp3) is 0.294. The highest BCUT2D eigenvalue weighted by Gasteiger charge is 2.34. The van der Waals surface area contributed by atoms with E-state index in [2.05, 4.69) is 15.6 Å². The van der Waals surface area contributed by atoms with E-state index in [1.807, 2.05) is 0 Å². The second-order valence-electron chi connectivity index (χ2n) is 5.89. The molecule has 31 heavy (non-hydrogen) atoms. The van der Waals surface area contributed by atoms with E-state index >= 15 is 0 Å². The number of halogens is 5. The van der Waals surface area contributed by atoms with Crippen LogP contribution in [0.3, 0.4) is 0 Å². The molecule has 1 amide bonds. The number of anilines is 1. The molecule has 1 aromatic heterocycles. The summed E-state index contributed by atoms with van der Waals surface area (Å²) in [7, 11) is -2.84. The minimum atomic E-state index is -4.82. The van der Waals surface area contributed by atoms with Gasteiger partial charge in [0.05, 0.1) is 26.2 Å². The van der Waals surface area contributed by atoms with Gasteiger partial charge in [0.15, 0.2) is 11.6 Å². The average Bonchev–Trinajstić information content (AvgIpc) is 2.68. The van der Waals surface area contributed by atoms with Crippen LogP contribution in [0.1, 0.15) is 16.1 Å². The number of carbonyl (C=O) groups excluding carboxylic acids is 1. The molecule has 0 fully saturated rings. The molecule has 0 atom stereocenters. The van der Waals surface area contributed by atoms with E-state index in [0.717, 1.165) is 12.1 Å². The third kappa shape index (κ3) is 6.94. The highest BCUT2D eigenvalue weighted by Crippen LogP contribution is 2.36. The lowest BCUT2D eigenvalue weighted by atomic mass is 10.2. The van der Waals surface area contributed by atoms with Crippen LogP contribution in [0.5, 0.6) is 0 Å². The van der Waals surface area contributed by atoms with Crippen molar-refractivity contribution in [3.8, 4) is 0 Å². The van der Waals surface area contributed by atoms with E-state index in [1.165, 1.54) is 19.4 Å². The molecule has 0 aliphatic heterocycles. The third-order valence-corrected chi connectivity index (χ3v) is 5.64. The average molecular weight is 502 g/mol. The van der Waals surface area contributed by atoms with Crippen molar-refractivity contribution in [2.75, 3.05) is 31.8 Å². The first-order valence-corrected chi connectivity index (χ1v) is 10.7. The standard InChI is InChI=1S/C17H16Cl2F3N3O5S/c1-29-7-25-16(26)15-14(4-10(18)6-23-15)24-8-30-9-31(27,28)11-2-3-13(19)12(5-11)17(20,21)22/h2-6,24H,7-9H2,1H3,(H,25,26). The van der Waals surface area contributed by atoms with Crippen molar-refractivity contribution < 1.29 is 35.9 Å². The maximum Gasteiger partial charge on any atom is 0.417 e. The molecule has 0 radical (unpaired) electrons. The summed E-state index contributed by atoms with van der Waals surface area (Å²) < 4.78 is 73.2. The number of methoxy groups -OCH3 is 1. The number of rotatable bonds is 9. The molecule has 2 N–H and O–H groups in total. The normalized spacial score (nSPS) is 11.9. The van der Waals surface area contributed by atoms with Crippen molar-refractivity contribution in [1.29, 1.82) is 0 Å². The molecular formula is C17H16Cl2F3N3O5S. The van der Waals surface area contributed by atoms with Crippen molar-refractivity contribution >= 4 is 44.6 Å². The van der Waals surface area contributed by atoms with Gasteiger partial charge in [0.25, 0.3) is 5.91 Å². The predicted octanol–water partition coefficient (Wildman–Crippen LogP) is 3.56. The van der Waals surface area contributed by atoms with Gasteiger partial charge >= 0.3 is 6.18 Å². The van der Waals surface area contributed by atoms with Crippen LogP contribution >= 0.6 is 23.2 Å². The lowest BCUT2D eigenvalue weighted by Crippen LogP contribution is -2.27. The monoisotopic (exact) mass is 501 g/mol. The summed E-state index contributed by atoms with van der Waals surface area (Å²) >= 11 is 11.4. The SMILES string of the molecule is COCNC(=O)c1ncc(Cl)cc1NCOCS(=O)(=O)c1ccc(Cl)c(C(F)(F)F)c1. The number of hydrogen-bond acceptors (Lipinski definition) is 7. The number of benzene rings is 1. The summed E-state index contributed by atoms with van der Waals surface area (Å²) in [5.74, 6) is -1.52. The van der Waals surface area contributed by atoms with Crippen LogP contribution in [0.15, 0.2) is 35.4 Å². The van der Waals surface area contributed by atoms with Crippen LogP contribution < -0.4 is 10.6 Å². The van der Waals surface area contributed by atoms with E-state index in [1.54, 1.807) is 0 Å². The van der Waals surface area contributed by atoms with Gasteiger partial charge in [0.2, 0.25) is 9.84 Å². The summed E-state index contributed by atoms with van der Waals surface area (Å²) in [6.45, 7) is -0.482. The highest BCUT2D eigenvalue weighted by molar-refractivity contribution is 7.91. The van der Waals surface area contributed by atoms with E-state index < -0.39 is 50.1 Å². The smallest absolute Gasteiger partial charge is 0.364 e. The molecular weight excluding hydrogens is 486 g/mol. The van der Waals surface area contributed by atoms with Gasteiger partial charge in [-0.05, 0) is 24.3 Å². The first-order valence-electron chi connectivity index (χ1n) is 8.29. The molecule has 0 unspecified atom stereocenters. The van der Waals surface area contributed by atoms with Gasteiger partial charge < -0.3 is 20.1 Å². The van der Waals surface area contributed by atoms with Crippen molar-refractivity contribution in [2.45, 2.75) is 11.1 Å². The zero-order valence-corrected chi connectivity index (χ0v) is 18.1. The third-order valence-electron chi connectivity index (χ3n) is 3.65. The number of nitrogens with zero attached hydrogens (tertiary/aromatic N) is 1. The summed E-state index contributed by atoms with van der Waals surface area (Å²) in [5, 5.41) is 4.63. The molecule has 0 spiro atoms. The maximum atomic E-state index is 12.9. The number of ether oxygens (including phenoxy) is 2. The number of nitrogens with one attached hydrogen (secondary N) is 2. The number of carbonyl (C=O) groups is 1. The van der Waals surface area contributed by atoms with Gasteiger partial charge in [-0.2, -0.15) is 13.2 Å². The Morgan fingerprint density at radius 2 is 1.90 bits per heavy atom. The van der Waals surface area contributed by atoms with Gasteiger partial charge in [-0.1, -0.05) is 23.2 Å². The van der Waals surface area contributed by atoms with E-state index in [0.29, 0.717) is 6.07 Å². The van der Waals surface area contributed by atoms with Crippen molar-refractivity contribution in [3.63, 3.8) is 0 Å². The minimum Gasteiger partial charge on any atom is -0.364 e. The predicted molar refractivity (Wildman–Crippen MR) is 107 cm³/mol. The molecule has 2 aromatic rings. The Balaban J connectivity index is 2.06. The quantitative estimate of drug-likeness (QED) is 0.399. The van der Waals surface area contributed by atoms with Crippen LogP contribution in [-0.2, 0) is 25.5 Å². The lowest BCUT2D eigenvalue weighted by Gasteiger charge is -2.13. The Hall–Kier alpha value is -2.12. The first-order chi connectivity index (χ1) is 14.5. The second-order valence-corrected chi connectivity index (χ2v) is 8.67. The topological polar surface area (TPSA) is 107 Å². The van der Waals surface area contributed by atoms with Crippen molar-refractivity contribution in [2.24, 2.45) is 0 Å². The van der Waals surface area contributed by atoms with Crippen LogP contribution in [0.25, 0.3) is 0 Å². The molecule has 8 nitrogen and oxygen atoms in total. The Morgan fingerprint density at radius 1 is 1.19 bits per heavy atom. The zero-order chi connectivity index (χ0) is 23.2. The number of hydrogen-bond donors (Lipinski definition) is 2. The number of pyridine rings is 1. The molecule has 0 bridgehead atoms. The summed E-state index contributed by atoms with van der Waals surface area (Å²) in [4.78, 5) is 15.4. The molecule has 0 aliphatic carbocycles. The Morgan fingerprint density at radius 3 is 2.55 bits per heavy atom. The number of sulfone groups is 1. The van der Waals surface area contributed by atoms with E-state index in [-0.39, 0.29) is 23.1 Å². The van der Waals surface area contributed by atoms with Crippen LogP contribution in [0.4, 0.5) is 18.9 Å². The van der Waals surface area contributed by atoms with Gasteiger partial charge in [-0.3, -0.25) is 4.79 Å². The summed E-state index contributed by atoms with van der Waals surface area (Å²) in [6.07, 6.45) is -3.58. The van der Waals surface area contributed by atoms with Gasteiger partial charge in [0, 0.05) is 13.3 Å². The largest absolute Gasteiger partial charge is 0.417 e. The van der Waals surface area contributed by atoms with Crippen molar-refractivity contribution in [1.82, 2.24) is 10.3 Å². The molecule has 1 heterocycles. The Labute approximate surface area is 185 Å². The highest BCUT2D eigenvalue weighted by atomic mass is 35.5. The molecule has 170 valence electrons. The first kappa shape index (κ1) is 25.1. The van der Waals surface area contributed by atoms with E-state index in [4.69, 9.17) is 32.7 Å². The maximum absolute atomic E-state index is 12.9. The van der Waals surface area contributed by atoms with Crippen LogP contribution in [0.2, 0.25) is 10.0 Å². The Bertz CT molecular complexity index is 1050. The van der Waals surface area contributed by atoms with E-state index in [9.17, 15) is 26.4 Å². The minimum absolute atomic E-state index is 0.0552. The molecule has 2 rings (SSSR count). The van der Waals surface area contributed by atoms with Gasteiger partial charge in [-0.25, -0.2) is 13.4 Å². The number of amides is 1. The number of alkyl halides is 3. The Kier molecular flexibility index (Phi) is 8.49.